The molecule has 3 nitrogen and oxygen atoms in total. The highest BCUT2D eigenvalue weighted by Crippen LogP contribution is 2.28. The van der Waals surface area contributed by atoms with E-state index < -0.39 is 16.7 Å². The van der Waals surface area contributed by atoms with Crippen molar-refractivity contribution in [2.75, 3.05) is 0 Å². The van der Waals surface area contributed by atoms with E-state index in [1.165, 1.54) is 36.4 Å². The lowest BCUT2D eigenvalue weighted by Crippen LogP contribution is -2.03. The van der Waals surface area contributed by atoms with Gasteiger partial charge in [-0.25, -0.2) is 0 Å². The number of non-ortho nitro benzene ring substituents is 1. The minimum Gasteiger partial charge on any atom is -0.258 e. The Hall–Kier alpha value is -3.25. The van der Waals surface area contributed by atoms with E-state index in [4.69, 9.17) is 0 Å². The molecule has 0 atom stereocenters. The van der Waals surface area contributed by atoms with E-state index in [9.17, 15) is 23.3 Å². The molecule has 0 spiro atoms. The third kappa shape index (κ3) is 4.62. The van der Waals surface area contributed by atoms with Gasteiger partial charge in [0, 0.05) is 23.3 Å². The second-order valence-corrected chi connectivity index (χ2v) is 4.38. The Balaban J connectivity index is 2.07. The molecule has 23 heavy (non-hydrogen) atoms. The second kappa shape index (κ2) is 6.67. The second-order valence-electron chi connectivity index (χ2n) is 4.38. The lowest BCUT2D eigenvalue weighted by atomic mass is 10.1. The van der Waals surface area contributed by atoms with Crippen molar-refractivity contribution in [2.24, 2.45) is 0 Å². The Morgan fingerprint density at radius 1 is 0.826 bits per heavy atom. The van der Waals surface area contributed by atoms with E-state index >= 15 is 0 Å². The summed E-state index contributed by atoms with van der Waals surface area (Å²) in [4.78, 5) is 9.98. The molecule has 2 rings (SSSR count). The fourth-order valence-corrected chi connectivity index (χ4v) is 1.62. The number of hydrogen-bond donors (Lipinski definition) is 0. The van der Waals surface area contributed by atoms with Crippen LogP contribution in [0.15, 0.2) is 48.5 Å². The van der Waals surface area contributed by atoms with E-state index in [1.807, 2.05) is 0 Å². The highest BCUT2D eigenvalue weighted by Gasteiger charge is 2.29. The third-order valence-corrected chi connectivity index (χ3v) is 2.77. The molecule has 0 saturated heterocycles. The minimum atomic E-state index is -4.37. The van der Waals surface area contributed by atoms with Crippen LogP contribution in [-0.2, 0) is 6.18 Å². The monoisotopic (exact) mass is 315 g/mol. The number of nitrogens with zero attached hydrogens (tertiary/aromatic N) is 1. The quantitative estimate of drug-likeness (QED) is 0.453. The van der Waals surface area contributed by atoms with Crippen LogP contribution in [0.2, 0.25) is 0 Å². The number of hydrogen-bond acceptors (Lipinski definition) is 2. The molecule has 2 aromatic rings. The van der Waals surface area contributed by atoms with E-state index in [2.05, 4.69) is 23.7 Å². The summed E-state index contributed by atoms with van der Waals surface area (Å²) in [7, 11) is 0. The maximum absolute atomic E-state index is 12.4. The van der Waals surface area contributed by atoms with Gasteiger partial charge in [0.2, 0.25) is 0 Å². The predicted molar refractivity (Wildman–Crippen MR) is 78.3 cm³/mol. The van der Waals surface area contributed by atoms with Crippen LogP contribution in [0.3, 0.4) is 0 Å². The zero-order chi connectivity index (χ0) is 16.9. The molecule has 0 bridgehead atoms. The topological polar surface area (TPSA) is 43.1 Å². The molecule has 0 aromatic heterocycles. The highest BCUT2D eigenvalue weighted by atomic mass is 19.4. The Morgan fingerprint density at radius 2 is 1.26 bits per heavy atom. The van der Waals surface area contributed by atoms with Gasteiger partial charge in [-0.15, -0.1) is 0 Å². The van der Waals surface area contributed by atoms with Gasteiger partial charge in [0.15, 0.2) is 0 Å². The first-order valence-electron chi connectivity index (χ1n) is 6.30. The Kier molecular flexibility index (Phi) is 4.68. The number of nitro groups is 1. The van der Waals surface area contributed by atoms with E-state index in [1.54, 1.807) is 0 Å². The first kappa shape index (κ1) is 16.1. The molecule has 0 amide bonds. The van der Waals surface area contributed by atoms with Crippen LogP contribution in [0.1, 0.15) is 16.7 Å². The first-order valence-corrected chi connectivity index (χ1v) is 6.30. The van der Waals surface area contributed by atoms with Crippen LogP contribution in [-0.4, -0.2) is 4.92 Å². The number of benzene rings is 2. The van der Waals surface area contributed by atoms with Gasteiger partial charge in [0.25, 0.3) is 5.69 Å². The maximum Gasteiger partial charge on any atom is 0.416 e. The lowest BCUT2D eigenvalue weighted by Gasteiger charge is -2.05. The van der Waals surface area contributed by atoms with E-state index in [0.29, 0.717) is 11.1 Å². The summed E-state index contributed by atoms with van der Waals surface area (Å²) < 4.78 is 37.2. The molecule has 0 fully saturated rings. The standard InChI is InChI=1S/C17H8F3NO2/c18-17(19,20)15-9-5-13(6-10-15)3-1-2-4-14-7-11-16(12-8-14)21(22)23/h5-12H. The van der Waals surface area contributed by atoms with Crippen molar-refractivity contribution in [3.63, 3.8) is 0 Å². The zero-order valence-electron chi connectivity index (χ0n) is 11.5. The highest BCUT2D eigenvalue weighted by molar-refractivity contribution is 5.46. The van der Waals surface area contributed by atoms with Gasteiger partial charge in [-0.2, -0.15) is 13.2 Å². The first-order chi connectivity index (χ1) is 10.9. The molecular weight excluding hydrogens is 307 g/mol. The van der Waals surface area contributed by atoms with Crippen LogP contribution < -0.4 is 0 Å². The van der Waals surface area contributed by atoms with Gasteiger partial charge in [0.1, 0.15) is 0 Å². The molecule has 2 aromatic carbocycles. The number of alkyl halides is 3. The van der Waals surface area contributed by atoms with Gasteiger partial charge in [-0.1, -0.05) is 11.8 Å². The van der Waals surface area contributed by atoms with Crippen LogP contribution in [0.4, 0.5) is 18.9 Å². The molecule has 0 radical (unpaired) electrons. The fourth-order valence-electron chi connectivity index (χ4n) is 1.62. The fraction of sp³-hybridized carbons (Fsp3) is 0.0588. The Labute approximate surface area is 129 Å². The molecule has 0 unspecified atom stereocenters. The van der Waals surface area contributed by atoms with Crippen LogP contribution in [0.25, 0.3) is 0 Å². The third-order valence-electron chi connectivity index (χ3n) is 2.77. The predicted octanol–water partition coefficient (Wildman–Crippen LogP) is 4.02. The summed E-state index contributed by atoms with van der Waals surface area (Å²) in [5.41, 5.74) is 0.194. The molecule has 0 N–H and O–H groups in total. The van der Waals surface area contributed by atoms with Gasteiger partial charge >= 0.3 is 6.18 Å². The molecule has 6 heteroatoms. The number of halogens is 3. The van der Waals surface area contributed by atoms with Crippen LogP contribution >= 0.6 is 0 Å². The van der Waals surface area contributed by atoms with Crippen LogP contribution in [0, 0.1) is 33.8 Å². The lowest BCUT2D eigenvalue weighted by molar-refractivity contribution is -0.384. The minimum absolute atomic E-state index is 0.0358. The van der Waals surface area contributed by atoms with Crippen molar-refractivity contribution in [3.05, 3.63) is 75.3 Å². The van der Waals surface area contributed by atoms with E-state index in [-0.39, 0.29) is 5.69 Å². The normalized spacial score (nSPS) is 10.0. The smallest absolute Gasteiger partial charge is 0.258 e. The summed E-state index contributed by atoms with van der Waals surface area (Å²) in [5, 5.41) is 10.5. The molecule has 0 aliphatic rings. The Bertz CT molecular complexity index is 830. The molecule has 0 aliphatic carbocycles. The molecule has 0 aliphatic heterocycles. The molecule has 0 heterocycles. The average molecular weight is 315 g/mol. The van der Waals surface area contributed by atoms with Crippen molar-refractivity contribution < 1.29 is 18.1 Å². The Morgan fingerprint density at radius 3 is 1.65 bits per heavy atom. The molecular formula is C17H8F3NO2. The van der Waals surface area contributed by atoms with Gasteiger partial charge in [0.05, 0.1) is 10.5 Å². The summed E-state index contributed by atoms with van der Waals surface area (Å²) >= 11 is 0. The number of rotatable bonds is 1. The summed E-state index contributed by atoms with van der Waals surface area (Å²) in [5.74, 6) is 10.4. The van der Waals surface area contributed by atoms with E-state index in [0.717, 1.165) is 12.1 Å². The largest absolute Gasteiger partial charge is 0.416 e. The summed E-state index contributed by atoms with van der Waals surface area (Å²) in [6.45, 7) is 0. The molecule has 0 saturated carbocycles. The van der Waals surface area contributed by atoms with Crippen LogP contribution in [0.5, 0.6) is 0 Å². The van der Waals surface area contributed by atoms with Crippen molar-refractivity contribution in [1.82, 2.24) is 0 Å². The van der Waals surface area contributed by atoms with Crippen molar-refractivity contribution in [1.29, 1.82) is 0 Å². The zero-order valence-corrected chi connectivity index (χ0v) is 11.5. The van der Waals surface area contributed by atoms with Crippen molar-refractivity contribution in [3.8, 4) is 23.7 Å². The summed E-state index contributed by atoms with van der Waals surface area (Å²) in [6.07, 6.45) is -4.37. The molecule has 114 valence electrons. The van der Waals surface area contributed by atoms with Crippen molar-refractivity contribution >= 4 is 5.69 Å². The van der Waals surface area contributed by atoms with Gasteiger partial charge < -0.3 is 0 Å². The maximum atomic E-state index is 12.4. The van der Waals surface area contributed by atoms with Crippen molar-refractivity contribution in [2.45, 2.75) is 6.18 Å². The van der Waals surface area contributed by atoms with Gasteiger partial charge in [-0.3, -0.25) is 10.1 Å². The number of nitro benzene ring substituents is 1. The van der Waals surface area contributed by atoms with Gasteiger partial charge in [-0.05, 0) is 48.2 Å². The SMILES string of the molecule is O=[N+]([O-])c1ccc(C#CC#Cc2ccc(C(F)(F)F)cc2)cc1. The average Bonchev–Trinajstić information content (AvgIpc) is 2.51. The summed E-state index contributed by atoms with van der Waals surface area (Å²) in [6, 6.07) is 10.1.